The summed E-state index contributed by atoms with van der Waals surface area (Å²) in [6, 6.07) is 1.48. The van der Waals surface area contributed by atoms with Gasteiger partial charge in [0.25, 0.3) is 5.69 Å². The van der Waals surface area contributed by atoms with E-state index in [1.807, 2.05) is 0 Å². The highest BCUT2D eigenvalue weighted by molar-refractivity contribution is 9.10. The normalized spacial score (nSPS) is 12.0. The van der Waals surface area contributed by atoms with Crippen molar-refractivity contribution in [1.82, 2.24) is 0 Å². The summed E-state index contributed by atoms with van der Waals surface area (Å²) in [6.45, 7) is 2.78. The molecule has 24 heavy (non-hydrogen) atoms. The highest BCUT2D eigenvalue weighted by atomic mass is 79.9. The number of aliphatic imine (C=N–C) groups is 1. The van der Waals surface area contributed by atoms with Crippen molar-refractivity contribution < 1.29 is 32.4 Å². The van der Waals surface area contributed by atoms with Crippen molar-refractivity contribution in [1.29, 1.82) is 0 Å². The minimum atomic E-state index is -4.93. The maximum Gasteiger partial charge on any atom is 0.418 e. The smallest absolute Gasteiger partial charge is 0.418 e. The molecule has 0 aliphatic heterocycles. The number of nitrogens with zero attached hydrogens (tertiary/aromatic N) is 2. The summed E-state index contributed by atoms with van der Waals surface area (Å²) in [5.41, 5.74) is -3.35. The molecule has 0 radical (unpaired) electrons. The van der Waals surface area contributed by atoms with E-state index in [0.29, 0.717) is 6.07 Å². The maximum absolute atomic E-state index is 13.2. The molecule has 0 N–H and O–H groups in total. The van der Waals surface area contributed by atoms with Crippen LogP contribution in [0, 0.1) is 10.1 Å². The van der Waals surface area contributed by atoms with Crippen LogP contribution in [0.25, 0.3) is 0 Å². The second-order valence-corrected chi connectivity index (χ2v) is 5.06. The molecule has 0 aliphatic rings. The fourth-order valence-electron chi connectivity index (χ4n) is 1.63. The van der Waals surface area contributed by atoms with Crippen LogP contribution in [0.1, 0.15) is 19.4 Å². The van der Waals surface area contributed by atoms with Crippen molar-refractivity contribution in [2.75, 3.05) is 13.2 Å². The Hall–Kier alpha value is -2.17. The number of halogens is 4. The van der Waals surface area contributed by atoms with E-state index in [0.717, 1.165) is 6.07 Å². The molecule has 132 valence electrons. The van der Waals surface area contributed by atoms with Crippen LogP contribution in [0.3, 0.4) is 0 Å². The number of hydrogen-bond donors (Lipinski definition) is 0. The zero-order chi connectivity index (χ0) is 18.5. The number of esters is 1. The van der Waals surface area contributed by atoms with Crippen LogP contribution in [0.4, 0.5) is 24.5 Å². The molecule has 11 heteroatoms. The maximum atomic E-state index is 13.2. The van der Waals surface area contributed by atoms with E-state index in [2.05, 4.69) is 25.7 Å². The molecule has 0 saturated heterocycles. The van der Waals surface area contributed by atoms with Crippen molar-refractivity contribution in [3.05, 3.63) is 32.3 Å². The Bertz CT molecular complexity index is 676. The lowest BCUT2D eigenvalue weighted by Gasteiger charge is -2.12. The first-order valence-electron chi connectivity index (χ1n) is 6.55. The van der Waals surface area contributed by atoms with Crippen molar-refractivity contribution >= 4 is 39.2 Å². The number of benzene rings is 1. The first kappa shape index (κ1) is 19.9. The van der Waals surface area contributed by atoms with Gasteiger partial charge in [-0.05, 0) is 19.9 Å². The average molecular weight is 413 g/mol. The summed E-state index contributed by atoms with van der Waals surface area (Å²) in [4.78, 5) is 25.2. The summed E-state index contributed by atoms with van der Waals surface area (Å²) in [6.07, 6.45) is -4.93. The van der Waals surface area contributed by atoms with Gasteiger partial charge < -0.3 is 9.47 Å². The molecule has 1 rings (SSSR count). The van der Waals surface area contributed by atoms with E-state index in [1.165, 1.54) is 13.8 Å². The molecule has 0 fully saturated rings. The molecule has 7 nitrogen and oxygen atoms in total. The van der Waals surface area contributed by atoms with Crippen molar-refractivity contribution in [3.8, 4) is 0 Å². The number of rotatable bonds is 4. The number of carbonyl (C=O) groups excluding carboxylic acids is 1. The topological polar surface area (TPSA) is 91.0 Å². The molecule has 0 unspecified atom stereocenters. The van der Waals surface area contributed by atoms with Gasteiger partial charge in [-0.15, -0.1) is 0 Å². The minimum Gasteiger partial charge on any atom is -0.473 e. The van der Waals surface area contributed by atoms with Crippen LogP contribution in [0.2, 0.25) is 0 Å². The molecule has 0 atom stereocenters. The quantitative estimate of drug-likeness (QED) is 0.245. The van der Waals surface area contributed by atoms with Crippen LogP contribution in [0.15, 0.2) is 21.6 Å². The van der Waals surface area contributed by atoms with Gasteiger partial charge in [-0.2, -0.15) is 18.2 Å². The largest absolute Gasteiger partial charge is 0.473 e. The van der Waals surface area contributed by atoms with Crippen LogP contribution in [-0.4, -0.2) is 30.0 Å². The van der Waals surface area contributed by atoms with Gasteiger partial charge in [-0.1, -0.05) is 15.9 Å². The number of alkyl halides is 3. The fourth-order valence-corrected chi connectivity index (χ4v) is 2.07. The fraction of sp³-hybridized carbons (Fsp3) is 0.385. The lowest BCUT2D eigenvalue weighted by Crippen LogP contribution is -2.21. The molecule has 1 aromatic rings. The molecule has 0 bridgehead atoms. The summed E-state index contributed by atoms with van der Waals surface area (Å²) < 4.78 is 48.9. The third kappa shape index (κ3) is 4.91. The van der Waals surface area contributed by atoms with E-state index >= 15 is 0 Å². The standard InChI is InChI=1S/C13H12BrF3N2O5/c1-3-23-11(12(20)24-4-2)18-10-8(13(15,16)17)5-7(14)6-9(10)19(21)22/h5-6H,3-4H2,1-2H3. The van der Waals surface area contributed by atoms with Crippen molar-refractivity contribution in [2.24, 2.45) is 4.99 Å². The molecule has 0 aromatic heterocycles. The second kappa shape index (κ2) is 8.08. The van der Waals surface area contributed by atoms with E-state index in [-0.39, 0.29) is 17.7 Å². The number of ether oxygens (including phenoxy) is 2. The molecule has 0 amide bonds. The Balaban J connectivity index is 3.66. The molecule has 0 saturated carbocycles. The molecular formula is C13H12BrF3N2O5. The summed E-state index contributed by atoms with van der Waals surface area (Å²) in [5, 5.41) is 11.1. The van der Waals surface area contributed by atoms with Crippen LogP contribution >= 0.6 is 15.9 Å². The van der Waals surface area contributed by atoms with Crippen molar-refractivity contribution in [3.63, 3.8) is 0 Å². The first-order valence-corrected chi connectivity index (χ1v) is 7.34. The molecular weight excluding hydrogens is 401 g/mol. The Morgan fingerprint density at radius 1 is 1.29 bits per heavy atom. The van der Waals surface area contributed by atoms with Gasteiger partial charge in [-0.3, -0.25) is 10.1 Å². The third-order valence-electron chi connectivity index (χ3n) is 2.50. The van der Waals surface area contributed by atoms with E-state index in [4.69, 9.17) is 4.74 Å². The van der Waals surface area contributed by atoms with E-state index in [1.54, 1.807) is 0 Å². The van der Waals surface area contributed by atoms with E-state index < -0.39 is 39.9 Å². The Kier molecular flexibility index (Phi) is 6.70. The van der Waals surface area contributed by atoms with Gasteiger partial charge in [0, 0.05) is 10.5 Å². The van der Waals surface area contributed by atoms with Gasteiger partial charge in [0.1, 0.15) is 0 Å². The van der Waals surface area contributed by atoms with Gasteiger partial charge in [0.05, 0.1) is 23.7 Å². The lowest BCUT2D eigenvalue weighted by molar-refractivity contribution is -0.384. The van der Waals surface area contributed by atoms with Crippen LogP contribution in [0.5, 0.6) is 0 Å². The predicted octanol–water partition coefficient (Wildman–Crippen LogP) is 4.01. The van der Waals surface area contributed by atoms with Crippen molar-refractivity contribution in [2.45, 2.75) is 20.0 Å². The van der Waals surface area contributed by atoms with Crippen LogP contribution in [-0.2, 0) is 20.4 Å². The van der Waals surface area contributed by atoms with Gasteiger partial charge in [0.15, 0.2) is 5.69 Å². The highest BCUT2D eigenvalue weighted by Crippen LogP contribution is 2.43. The molecule has 0 heterocycles. The lowest BCUT2D eigenvalue weighted by atomic mass is 10.1. The minimum absolute atomic E-state index is 0.0700. The number of nitro groups is 1. The Morgan fingerprint density at radius 3 is 2.33 bits per heavy atom. The number of hydrogen-bond acceptors (Lipinski definition) is 6. The molecule has 0 spiro atoms. The predicted molar refractivity (Wildman–Crippen MR) is 81.2 cm³/mol. The Labute approximate surface area is 142 Å². The zero-order valence-corrected chi connectivity index (χ0v) is 14.1. The van der Waals surface area contributed by atoms with Crippen LogP contribution < -0.4 is 0 Å². The monoisotopic (exact) mass is 412 g/mol. The van der Waals surface area contributed by atoms with Gasteiger partial charge in [0.2, 0.25) is 0 Å². The number of nitro benzene ring substituents is 1. The van der Waals surface area contributed by atoms with Gasteiger partial charge in [-0.25, -0.2) is 4.79 Å². The van der Waals surface area contributed by atoms with Gasteiger partial charge >= 0.3 is 18.0 Å². The zero-order valence-electron chi connectivity index (χ0n) is 12.5. The highest BCUT2D eigenvalue weighted by Gasteiger charge is 2.38. The average Bonchev–Trinajstić information content (AvgIpc) is 2.46. The van der Waals surface area contributed by atoms with E-state index in [9.17, 15) is 28.1 Å². The molecule has 0 aliphatic carbocycles. The second-order valence-electron chi connectivity index (χ2n) is 4.15. The SMILES string of the molecule is CCOC(=O)C(=Nc1c([N+](=O)[O-])cc(Br)cc1C(F)(F)F)OCC. The summed E-state index contributed by atoms with van der Waals surface area (Å²) >= 11 is 2.78. The Morgan fingerprint density at radius 2 is 1.88 bits per heavy atom. The summed E-state index contributed by atoms with van der Waals surface area (Å²) in [5.74, 6) is -1.92. The third-order valence-corrected chi connectivity index (χ3v) is 2.96. The summed E-state index contributed by atoms with van der Waals surface area (Å²) in [7, 11) is 0. The first-order chi connectivity index (χ1) is 11.1. The molecule has 1 aromatic carbocycles. The number of carbonyl (C=O) groups is 1.